The maximum Gasteiger partial charge on any atom is 0.251 e. The Balaban J connectivity index is 1.39. The average Bonchev–Trinajstić information content (AvgIpc) is 3.17. The Bertz CT molecular complexity index is 1190. The third kappa shape index (κ3) is 5.47. The second-order valence-corrected chi connectivity index (χ2v) is 8.79. The van der Waals surface area contributed by atoms with Crippen LogP contribution in [0.1, 0.15) is 22.8 Å². The van der Waals surface area contributed by atoms with Crippen LogP contribution < -0.4 is 10.1 Å². The fraction of sp³-hybridized carbons (Fsp3) is 0.192. The van der Waals surface area contributed by atoms with E-state index in [1.54, 1.807) is 12.1 Å². The molecule has 0 aliphatic carbocycles. The summed E-state index contributed by atoms with van der Waals surface area (Å²) in [4.78, 5) is 13.7. The van der Waals surface area contributed by atoms with E-state index in [-0.39, 0.29) is 5.91 Å². The summed E-state index contributed by atoms with van der Waals surface area (Å²) in [5, 5.41) is 4.99. The molecular formula is C26H25ClN2O2S. The van der Waals surface area contributed by atoms with Gasteiger partial charge in [-0.1, -0.05) is 41.9 Å². The lowest BCUT2D eigenvalue weighted by Gasteiger charge is -2.08. The maximum atomic E-state index is 12.5. The Labute approximate surface area is 197 Å². The molecule has 0 saturated heterocycles. The Morgan fingerprint density at radius 3 is 2.53 bits per heavy atom. The molecule has 0 spiro atoms. The van der Waals surface area contributed by atoms with Crippen molar-refractivity contribution in [1.82, 2.24) is 9.88 Å². The summed E-state index contributed by atoms with van der Waals surface area (Å²) in [6.07, 6.45) is 2.17. The van der Waals surface area contributed by atoms with Gasteiger partial charge in [-0.2, -0.15) is 0 Å². The van der Waals surface area contributed by atoms with Gasteiger partial charge in [-0.05, 0) is 55.0 Å². The van der Waals surface area contributed by atoms with Crippen LogP contribution in [0.4, 0.5) is 0 Å². The number of para-hydroxylation sites is 1. The SMILES string of the molecule is CCOc1ccc(C(=O)NCCn2cc(SCc3ccc(Cl)cc3)c3ccccc32)cc1. The first-order valence-corrected chi connectivity index (χ1v) is 12.0. The fourth-order valence-corrected chi connectivity index (χ4v) is 4.69. The third-order valence-corrected chi connectivity index (χ3v) is 6.49. The molecule has 4 nitrogen and oxygen atoms in total. The summed E-state index contributed by atoms with van der Waals surface area (Å²) in [7, 11) is 0. The normalized spacial score (nSPS) is 10.9. The first-order valence-electron chi connectivity index (χ1n) is 10.6. The molecule has 1 aromatic heterocycles. The van der Waals surface area contributed by atoms with E-state index < -0.39 is 0 Å². The molecule has 0 fully saturated rings. The first kappa shape index (κ1) is 22.3. The van der Waals surface area contributed by atoms with E-state index in [9.17, 15) is 4.79 Å². The van der Waals surface area contributed by atoms with Gasteiger partial charge in [0.1, 0.15) is 5.75 Å². The highest BCUT2D eigenvalue weighted by Crippen LogP contribution is 2.32. The molecule has 4 aromatic rings. The molecule has 1 heterocycles. The van der Waals surface area contributed by atoms with E-state index in [4.69, 9.17) is 16.3 Å². The van der Waals surface area contributed by atoms with Crippen molar-refractivity contribution in [1.29, 1.82) is 0 Å². The van der Waals surface area contributed by atoms with Crippen LogP contribution in [0.25, 0.3) is 10.9 Å². The Hall–Kier alpha value is -2.89. The molecule has 4 rings (SSSR count). The highest BCUT2D eigenvalue weighted by Gasteiger charge is 2.10. The molecule has 0 atom stereocenters. The van der Waals surface area contributed by atoms with Crippen molar-refractivity contribution < 1.29 is 9.53 Å². The van der Waals surface area contributed by atoms with Gasteiger partial charge in [0.05, 0.1) is 6.61 Å². The van der Waals surface area contributed by atoms with Gasteiger partial charge in [-0.15, -0.1) is 11.8 Å². The zero-order chi connectivity index (χ0) is 22.3. The largest absolute Gasteiger partial charge is 0.494 e. The lowest BCUT2D eigenvalue weighted by Crippen LogP contribution is -2.27. The number of carbonyl (C=O) groups is 1. The van der Waals surface area contributed by atoms with Crippen LogP contribution in [0.3, 0.4) is 0 Å². The number of nitrogens with one attached hydrogen (secondary N) is 1. The molecule has 32 heavy (non-hydrogen) atoms. The van der Waals surface area contributed by atoms with Crippen LogP contribution in [0.15, 0.2) is 83.9 Å². The topological polar surface area (TPSA) is 43.3 Å². The minimum Gasteiger partial charge on any atom is -0.494 e. The first-order chi connectivity index (χ1) is 15.6. The van der Waals surface area contributed by atoms with E-state index in [1.807, 2.05) is 49.0 Å². The summed E-state index contributed by atoms with van der Waals surface area (Å²) >= 11 is 7.80. The molecule has 0 radical (unpaired) electrons. The predicted molar refractivity (Wildman–Crippen MR) is 133 cm³/mol. The number of fused-ring (bicyclic) bond motifs is 1. The van der Waals surface area contributed by atoms with E-state index in [0.29, 0.717) is 25.3 Å². The van der Waals surface area contributed by atoms with Crippen LogP contribution >= 0.6 is 23.4 Å². The number of carbonyl (C=O) groups excluding carboxylic acids is 1. The number of amides is 1. The smallest absolute Gasteiger partial charge is 0.251 e. The quantitative estimate of drug-likeness (QED) is 0.291. The third-order valence-electron chi connectivity index (χ3n) is 5.13. The van der Waals surface area contributed by atoms with E-state index in [0.717, 1.165) is 16.5 Å². The van der Waals surface area contributed by atoms with Crippen LogP contribution in [-0.2, 0) is 12.3 Å². The van der Waals surface area contributed by atoms with Gasteiger partial charge in [0.2, 0.25) is 0 Å². The lowest BCUT2D eigenvalue weighted by molar-refractivity contribution is 0.0952. The van der Waals surface area contributed by atoms with Crippen LogP contribution in [0.5, 0.6) is 5.75 Å². The zero-order valence-corrected chi connectivity index (χ0v) is 19.5. The van der Waals surface area contributed by atoms with E-state index >= 15 is 0 Å². The number of ether oxygens (including phenoxy) is 1. The number of rotatable bonds is 9. The van der Waals surface area contributed by atoms with Crippen LogP contribution in [-0.4, -0.2) is 23.6 Å². The number of aromatic nitrogens is 1. The van der Waals surface area contributed by atoms with Crippen molar-refractivity contribution in [3.8, 4) is 5.75 Å². The number of nitrogens with zero attached hydrogens (tertiary/aromatic N) is 1. The molecule has 164 valence electrons. The van der Waals surface area contributed by atoms with Crippen molar-refractivity contribution >= 4 is 40.2 Å². The summed E-state index contributed by atoms with van der Waals surface area (Å²) < 4.78 is 7.64. The van der Waals surface area contributed by atoms with Crippen molar-refractivity contribution in [2.75, 3.05) is 13.2 Å². The summed E-state index contributed by atoms with van der Waals surface area (Å²) in [5.41, 5.74) is 3.03. The van der Waals surface area contributed by atoms with E-state index in [1.165, 1.54) is 21.4 Å². The van der Waals surface area contributed by atoms with Crippen LogP contribution in [0.2, 0.25) is 5.02 Å². The Morgan fingerprint density at radius 1 is 1.03 bits per heavy atom. The molecule has 0 aliphatic rings. The standard InChI is InChI=1S/C26H25ClN2O2S/c1-2-31-22-13-9-20(10-14-22)26(30)28-15-16-29-17-25(23-5-3-4-6-24(23)29)32-18-19-7-11-21(27)12-8-19/h3-14,17H,2,15-16,18H2,1H3,(H,28,30). The zero-order valence-electron chi connectivity index (χ0n) is 17.9. The summed E-state index contributed by atoms with van der Waals surface area (Å²) in [6, 6.07) is 23.6. The number of halogens is 1. The van der Waals surface area contributed by atoms with Crippen LogP contribution in [0, 0.1) is 0 Å². The van der Waals surface area contributed by atoms with Crippen molar-refractivity contribution in [2.24, 2.45) is 0 Å². The molecule has 0 unspecified atom stereocenters. The highest BCUT2D eigenvalue weighted by atomic mass is 35.5. The average molecular weight is 465 g/mol. The minimum absolute atomic E-state index is 0.0816. The lowest BCUT2D eigenvalue weighted by atomic mass is 10.2. The second kappa shape index (κ2) is 10.6. The van der Waals surface area contributed by atoms with Crippen molar-refractivity contribution in [3.05, 3.63) is 95.1 Å². The Morgan fingerprint density at radius 2 is 1.78 bits per heavy atom. The second-order valence-electron chi connectivity index (χ2n) is 7.33. The van der Waals surface area contributed by atoms with Gasteiger partial charge < -0.3 is 14.6 Å². The highest BCUT2D eigenvalue weighted by molar-refractivity contribution is 7.98. The van der Waals surface area contributed by atoms with Gasteiger partial charge >= 0.3 is 0 Å². The molecule has 6 heteroatoms. The molecular weight excluding hydrogens is 440 g/mol. The molecule has 0 aliphatic heterocycles. The molecule has 3 aromatic carbocycles. The molecule has 0 bridgehead atoms. The van der Waals surface area contributed by atoms with Crippen molar-refractivity contribution in [3.63, 3.8) is 0 Å². The van der Waals surface area contributed by atoms with Gasteiger partial charge in [0, 0.05) is 51.4 Å². The van der Waals surface area contributed by atoms with E-state index in [2.05, 4.69) is 46.4 Å². The Kier molecular flexibility index (Phi) is 7.40. The summed E-state index contributed by atoms with van der Waals surface area (Å²) in [5.74, 6) is 1.56. The van der Waals surface area contributed by atoms with Crippen molar-refractivity contribution in [2.45, 2.75) is 24.1 Å². The van der Waals surface area contributed by atoms with Gasteiger partial charge in [-0.25, -0.2) is 0 Å². The summed E-state index contributed by atoms with van der Waals surface area (Å²) in [6.45, 7) is 3.79. The monoisotopic (exact) mass is 464 g/mol. The maximum absolute atomic E-state index is 12.5. The minimum atomic E-state index is -0.0816. The van der Waals surface area contributed by atoms with Gasteiger partial charge in [0.25, 0.3) is 5.91 Å². The predicted octanol–water partition coefficient (Wildman–Crippen LogP) is 6.42. The number of hydrogen-bond donors (Lipinski definition) is 1. The number of hydrogen-bond acceptors (Lipinski definition) is 3. The number of thioether (sulfide) groups is 1. The fourth-order valence-electron chi connectivity index (χ4n) is 3.52. The molecule has 1 N–H and O–H groups in total. The molecule has 1 amide bonds. The van der Waals surface area contributed by atoms with Gasteiger partial charge in [0.15, 0.2) is 0 Å². The number of benzene rings is 3. The molecule has 0 saturated carbocycles. The van der Waals surface area contributed by atoms with Gasteiger partial charge in [-0.3, -0.25) is 4.79 Å².